The Bertz CT molecular complexity index is 1060. The number of hydrogen-bond acceptors (Lipinski definition) is 5. The van der Waals surface area contributed by atoms with Gasteiger partial charge in [-0.2, -0.15) is 74.3 Å². The molecule has 0 aliphatic rings. The van der Waals surface area contributed by atoms with E-state index in [-0.39, 0.29) is 4.90 Å². The lowest BCUT2D eigenvalue weighted by atomic mass is 10.1. The standard InChI is InChI=1S/C18H15F15O5S/c1-10(36-39(34,35)11-7-3-2-4-8-11)6-5-9-12(19,20)37-17(30,31)18(32,33)38-16(28,29)14(23,24)13(21,22)15(25,26)27/h2-4,7-8,10H,5-6,9H2,1H3. The summed E-state index contributed by atoms with van der Waals surface area (Å²) in [5.41, 5.74) is 0. The molecule has 1 rings (SSSR count). The molecule has 0 heterocycles. The number of alkyl halides is 15. The first kappa shape index (κ1) is 35.0. The average Bonchev–Trinajstić information content (AvgIpc) is 2.71. The average molecular weight is 628 g/mol. The lowest BCUT2D eigenvalue weighted by molar-refractivity contribution is -0.542. The van der Waals surface area contributed by atoms with Crippen LogP contribution in [0.15, 0.2) is 35.2 Å². The van der Waals surface area contributed by atoms with Gasteiger partial charge in [0.05, 0.1) is 11.0 Å². The van der Waals surface area contributed by atoms with Gasteiger partial charge in [0.25, 0.3) is 10.1 Å². The van der Waals surface area contributed by atoms with Gasteiger partial charge in [0.1, 0.15) is 0 Å². The molecule has 0 aliphatic heterocycles. The molecule has 1 unspecified atom stereocenters. The zero-order chi connectivity index (χ0) is 30.9. The Kier molecular flexibility index (Phi) is 9.98. The fourth-order valence-electron chi connectivity index (χ4n) is 2.45. The van der Waals surface area contributed by atoms with Crippen LogP contribution in [0, 0.1) is 0 Å². The van der Waals surface area contributed by atoms with Gasteiger partial charge < -0.3 is 0 Å². The highest BCUT2D eigenvalue weighted by atomic mass is 32.2. The zero-order valence-electron chi connectivity index (χ0n) is 18.7. The summed E-state index contributed by atoms with van der Waals surface area (Å²) < 4.78 is 227. The predicted molar refractivity (Wildman–Crippen MR) is 95.9 cm³/mol. The summed E-state index contributed by atoms with van der Waals surface area (Å²) in [4.78, 5) is -0.372. The quantitative estimate of drug-likeness (QED) is 0.161. The maximum Gasteiger partial charge on any atom is 0.460 e. The van der Waals surface area contributed by atoms with Gasteiger partial charge in [-0.25, -0.2) is 9.47 Å². The summed E-state index contributed by atoms with van der Waals surface area (Å²) in [7, 11) is -4.43. The first-order valence-corrected chi connectivity index (χ1v) is 11.2. The van der Waals surface area contributed by atoms with Crippen molar-refractivity contribution in [2.45, 2.75) is 79.6 Å². The summed E-state index contributed by atoms with van der Waals surface area (Å²) in [6, 6.07) is 6.17. The number of rotatable bonds is 14. The van der Waals surface area contributed by atoms with E-state index in [0.717, 1.165) is 19.1 Å². The molecule has 0 radical (unpaired) electrons. The molecule has 0 N–H and O–H groups in total. The monoisotopic (exact) mass is 628 g/mol. The van der Waals surface area contributed by atoms with E-state index >= 15 is 0 Å². The van der Waals surface area contributed by atoms with Crippen molar-refractivity contribution in [3.63, 3.8) is 0 Å². The van der Waals surface area contributed by atoms with Gasteiger partial charge >= 0.3 is 42.5 Å². The van der Waals surface area contributed by atoms with Crippen molar-refractivity contribution in [1.82, 2.24) is 0 Å². The van der Waals surface area contributed by atoms with Crippen LogP contribution >= 0.6 is 0 Å². The van der Waals surface area contributed by atoms with Gasteiger partial charge in [0.2, 0.25) is 0 Å². The van der Waals surface area contributed by atoms with E-state index in [0.29, 0.717) is 0 Å². The van der Waals surface area contributed by atoms with Crippen molar-refractivity contribution in [2.24, 2.45) is 0 Å². The van der Waals surface area contributed by atoms with E-state index in [1.165, 1.54) is 22.9 Å². The largest absolute Gasteiger partial charge is 0.460 e. The molecule has 1 aromatic carbocycles. The van der Waals surface area contributed by atoms with Crippen LogP contribution in [0.5, 0.6) is 0 Å². The Morgan fingerprint density at radius 1 is 0.692 bits per heavy atom. The molecule has 228 valence electrons. The first-order valence-electron chi connectivity index (χ1n) is 9.84. The number of ether oxygens (including phenoxy) is 2. The molecule has 1 aromatic rings. The summed E-state index contributed by atoms with van der Waals surface area (Å²) in [6.45, 7) is 0.995. The zero-order valence-corrected chi connectivity index (χ0v) is 19.5. The topological polar surface area (TPSA) is 61.8 Å². The minimum absolute atomic E-state index is 0.372. The molecule has 0 amide bonds. The molecular formula is C18H15F15O5S. The van der Waals surface area contributed by atoms with Crippen molar-refractivity contribution >= 4 is 10.1 Å². The molecule has 0 bridgehead atoms. The second-order valence-corrected chi connectivity index (χ2v) is 9.18. The third-order valence-corrected chi connectivity index (χ3v) is 5.82. The lowest BCUT2D eigenvalue weighted by Crippen LogP contribution is -2.64. The SMILES string of the molecule is CC(CCCC(F)(F)OC(F)(F)C(F)(F)OC(F)(F)C(F)(F)C(F)(F)C(F)(F)F)OS(=O)(=O)c1ccccc1. The third-order valence-electron chi connectivity index (χ3n) is 4.39. The van der Waals surface area contributed by atoms with Crippen LogP contribution in [0.25, 0.3) is 0 Å². The third kappa shape index (κ3) is 8.03. The van der Waals surface area contributed by atoms with Crippen LogP contribution in [0.1, 0.15) is 26.2 Å². The normalized spacial score (nSPS) is 15.9. The molecule has 0 aromatic heterocycles. The molecule has 39 heavy (non-hydrogen) atoms. The van der Waals surface area contributed by atoms with E-state index in [9.17, 15) is 74.3 Å². The van der Waals surface area contributed by atoms with Gasteiger partial charge in [0, 0.05) is 6.42 Å². The Morgan fingerprint density at radius 3 is 1.62 bits per heavy atom. The molecule has 0 spiro atoms. The van der Waals surface area contributed by atoms with Gasteiger partial charge in [-0.3, -0.25) is 4.18 Å². The van der Waals surface area contributed by atoms with Crippen molar-refractivity contribution in [3.8, 4) is 0 Å². The highest BCUT2D eigenvalue weighted by molar-refractivity contribution is 7.86. The first-order chi connectivity index (χ1) is 17.1. The van der Waals surface area contributed by atoms with E-state index in [4.69, 9.17) is 0 Å². The maximum absolute atomic E-state index is 13.7. The summed E-state index contributed by atoms with van der Waals surface area (Å²) in [5.74, 6) is -15.7. The van der Waals surface area contributed by atoms with E-state index in [1.807, 2.05) is 0 Å². The van der Waals surface area contributed by atoms with E-state index < -0.39 is 77.9 Å². The highest BCUT2D eigenvalue weighted by Crippen LogP contribution is 2.56. The van der Waals surface area contributed by atoms with Crippen LogP contribution in [0.2, 0.25) is 0 Å². The van der Waals surface area contributed by atoms with Crippen LogP contribution in [0.4, 0.5) is 65.9 Å². The summed E-state index contributed by atoms with van der Waals surface area (Å²) in [6.07, 6.45) is -40.2. The molecule has 0 fully saturated rings. The second kappa shape index (κ2) is 11.1. The van der Waals surface area contributed by atoms with Crippen LogP contribution in [-0.2, 0) is 23.8 Å². The smallest absolute Gasteiger partial charge is 0.263 e. The Hall–Kier alpha value is -2.00. The minimum atomic E-state index is -7.93. The number of benzene rings is 1. The summed E-state index contributed by atoms with van der Waals surface area (Å²) >= 11 is 0. The van der Waals surface area contributed by atoms with Crippen molar-refractivity contribution < 1.29 is 87.9 Å². The Morgan fingerprint density at radius 2 is 1.15 bits per heavy atom. The van der Waals surface area contributed by atoms with Gasteiger partial charge in [-0.1, -0.05) is 18.2 Å². The van der Waals surface area contributed by atoms with Gasteiger partial charge in [0.15, 0.2) is 0 Å². The molecule has 0 saturated heterocycles. The lowest BCUT2D eigenvalue weighted by Gasteiger charge is -2.36. The Balaban J connectivity index is 2.89. The molecule has 0 aliphatic carbocycles. The van der Waals surface area contributed by atoms with Crippen LogP contribution in [-0.4, -0.2) is 57.0 Å². The molecule has 5 nitrogen and oxygen atoms in total. The molecule has 21 heteroatoms. The molecular weight excluding hydrogens is 613 g/mol. The maximum atomic E-state index is 13.7. The van der Waals surface area contributed by atoms with Gasteiger partial charge in [-0.15, -0.1) is 0 Å². The number of halogens is 15. The van der Waals surface area contributed by atoms with Crippen molar-refractivity contribution in [1.29, 1.82) is 0 Å². The fourth-order valence-corrected chi connectivity index (χ4v) is 3.58. The van der Waals surface area contributed by atoms with Crippen molar-refractivity contribution in [3.05, 3.63) is 30.3 Å². The molecule has 0 saturated carbocycles. The second-order valence-electron chi connectivity index (χ2n) is 7.60. The fraction of sp³-hybridized carbons (Fsp3) is 0.667. The minimum Gasteiger partial charge on any atom is -0.263 e. The molecule has 1 atom stereocenters. The van der Waals surface area contributed by atoms with E-state index in [2.05, 4.69) is 8.92 Å². The predicted octanol–water partition coefficient (Wildman–Crippen LogP) is 7.19. The van der Waals surface area contributed by atoms with Crippen molar-refractivity contribution in [2.75, 3.05) is 0 Å². The van der Waals surface area contributed by atoms with Crippen LogP contribution < -0.4 is 0 Å². The van der Waals surface area contributed by atoms with E-state index in [1.54, 1.807) is 0 Å². The Labute approximate surface area is 208 Å². The summed E-state index contributed by atoms with van der Waals surface area (Å²) in [5, 5.41) is 0. The van der Waals surface area contributed by atoms with Gasteiger partial charge in [-0.05, 0) is 31.9 Å². The number of hydrogen-bond donors (Lipinski definition) is 0. The van der Waals surface area contributed by atoms with Crippen LogP contribution in [0.3, 0.4) is 0 Å². The highest BCUT2D eigenvalue weighted by Gasteiger charge is 2.85.